The van der Waals surface area contributed by atoms with E-state index >= 15 is 0 Å². The highest BCUT2D eigenvalue weighted by atomic mass is 35.5. The number of carbonyl (C=O) groups is 1. The molecule has 4 aromatic rings. The number of nitrogens with one attached hydrogen (secondary N) is 2. The summed E-state index contributed by atoms with van der Waals surface area (Å²) in [6.45, 7) is 4.61. The average Bonchev–Trinajstić information content (AvgIpc) is 3.61. The Morgan fingerprint density at radius 2 is 2.00 bits per heavy atom. The summed E-state index contributed by atoms with van der Waals surface area (Å²) >= 11 is 6.28. The molecule has 9 nitrogen and oxygen atoms in total. The first-order valence-corrected chi connectivity index (χ1v) is 13.1. The number of hydrogen-bond acceptors (Lipinski definition) is 5. The Hall–Kier alpha value is -3.73. The zero-order valence-electron chi connectivity index (χ0n) is 22.1. The Kier molecular flexibility index (Phi) is 7.97. The van der Waals surface area contributed by atoms with Crippen molar-refractivity contribution in [2.75, 3.05) is 38.7 Å². The highest BCUT2D eigenvalue weighted by molar-refractivity contribution is 6.30. The molecule has 204 valence electrons. The standard InChI is InChI=1S/C28H31ClFN7O2/c1-18-26(20-14-31-35(2)15-20)34-37(23-6-4-5-21(29)13-23)27(18)33-28(38)32-25-17-36(11-12-39-3)16-24(25)19-7-9-22(30)10-8-19/h4-10,13-15,24-25H,11-12,16-17H2,1-3H3,(H2,32,33,38)/t24-,25+/m0/s1. The smallest absolute Gasteiger partial charge is 0.320 e. The maximum absolute atomic E-state index is 13.6. The van der Waals surface area contributed by atoms with Crippen molar-refractivity contribution in [3.8, 4) is 16.9 Å². The predicted octanol–water partition coefficient (Wildman–Crippen LogP) is 4.61. The third-order valence-electron chi connectivity index (χ3n) is 7.01. The van der Waals surface area contributed by atoms with Crippen LogP contribution in [-0.2, 0) is 11.8 Å². The molecule has 3 heterocycles. The Balaban J connectivity index is 1.42. The number of hydrogen-bond donors (Lipinski definition) is 2. The van der Waals surface area contributed by atoms with Crippen LogP contribution in [0.5, 0.6) is 0 Å². The highest BCUT2D eigenvalue weighted by Crippen LogP contribution is 2.32. The molecule has 0 aliphatic carbocycles. The molecule has 39 heavy (non-hydrogen) atoms. The van der Waals surface area contributed by atoms with Gasteiger partial charge in [-0.05, 0) is 42.8 Å². The molecule has 0 bridgehead atoms. The molecule has 2 atom stereocenters. The summed E-state index contributed by atoms with van der Waals surface area (Å²) in [5, 5.41) is 15.8. The summed E-state index contributed by atoms with van der Waals surface area (Å²) in [6, 6.07) is 13.2. The van der Waals surface area contributed by atoms with Gasteiger partial charge in [-0.3, -0.25) is 14.9 Å². The van der Waals surface area contributed by atoms with Gasteiger partial charge in [-0.2, -0.15) is 10.2 Å². The fourth-order valence-corrected chi connectivity index (χ4v) is 5.23. The van der Waals surface area contributed by atoms with Gasteiger partial charge in [0.25, 0.3) is 0 Å². The Morgan fingerprint density at radius 3 is 2.69 bits per heavy atom. The van der Waals surface area contributed by atoms with Crippen molar-refractivity contribution >= 4 is 23.4 Å². The van der Waals surface area contributed by atoms with Crippen LogP contribution in [0.3, 0.4) is 0 Å². The fraction of sp³-hybridized carbons (Fsp3) is 0.321. The molecular formula is C28H31ClFN7O2. The van der Waals surface area contributed by atoms with Crippen molar-refractivity contribution in [2.45, 2.75) is 18.9 Å². The van der Waals surface area contributed by atoms with Crippen molar-refractivity contribution in [2.24, 2.45) is 7.05 Å². The second kappa shape index (κ2) is 11.6. The topological polar surface area (TPSA) is 89.2 Å². The number of anilines is 1. The Bertz CT molecular complexity index is 1450. The number of aromatic nitrogens is 4. The quantitative estimate of drug-likeness (QED) is 0.334. The summed E-state index contributed by atoms with van der Waals surface area (Å²) in [5.41, 5.74) is 4.02. The second-order valence-electron chi connectivity index (χ2n) is 9.73. The van der Waals surface area contributed by atoms with Crippen molar-refractivity contribution in [3.63, 3.8) is 0 Å². The van der Waals surface area contributed by atoms with Gasteiger partial charge in [0.15, 0.2) is 0 Å². The third kappa shape index (κ3) is 5.98. The molecule has 0 unspecified atom stereocenters. The molecule has 2 aromatic carbocycles. The number of nitrogens with zero attached hydrogens (tertiary/aromatic N) is 5. The molecule has 5 rings (SSSR count). The van der Waals surface area contributed by atoms with E-state index in [-0.39, 0.29) is 23.8 Å². The zero-order chi connectivity index (χ0) is 27.5. The Labute approximate surface area is 231 Å². The summed E-state index contributed by atoms with van der Waals surface area (Å²) in [7, 11) is 3.51. The lowest BCUT2D eigenvalue weighted by molar-refractivity contribution is 0.159. The molecule has 2 amide bonds. The van der Waals surface area contributed by atoms with Crippen LogP contribution in [0.25, 0.3) is 16.9 Å². The number of benzene rings is 2. The van der Waals surface area contributed by atoms with Gasteiger partial charge in [0.1, 0.15) is 17.3 Å². The van der Waals surface area contributed by atoms with Crippen LogP contribution in [0.4, 0.5) is 15.0 Å². The summed E-state index contributed by atoms with van der Waals surface area (Å²) in [6.07, 6.45) is 3.61. The molecule has 0 spiro atoms. The van der Waals surface area contributed by atoms with Gasteiger partial charge in [-0.15, -0.1) is 0 Å². The van der Waals surface area contributed by atoms with Crippen molar-refractivity contribution in [1.82, 2.24) is 29.8 Å². The second-order valence-corrected chi connectivity index (χ2v) is 10.2. The maximum atomic E-state index is 13.6. The van der Waals surface area contributed by atoms with E-state index in [9.17, 15) is 9.18 Å². The monoisotopic (exact) mass is 551 g/mol. The fourth-order valence-electron chi connectivity index (χ4n) is 5.05. The highest BCUT2D eigenvalue weighted by Gasteiger charge is 2.35. The number of aryl methyl sites for hydroxylation is 1. The van der Waals surface area contributed by atoms with Gasteiger partial charge in [-0.25, -0.2) is 13.9 Å². The summed E-state index contributed by atoms with van der Waals surface area (Å²) in [5.74, 6) is 0.240. The van der Waals surface area contributed by atoms with E-state index in [2.05, 4.69) is 20.6 Å². The first kappa shape index (κ1) is 26.9. The molecule has 11 heteroatoms. The van der Waals surface area contributed by atoms with Gasteiger partial charge < -0.3 is 10.1 Å². The van der Waals surface area contributed by atoms with E-state index in [0.717, 1.165) is 29.8 Å². The van der Waals surface area contributed by atoms with Crippen LogP contribution >= 0.6 is 11.6 Å². The van der Waals surface area contributed by atoms with E-state index in [1.165, 1.54) is 12.1 Å². The summed E-state index contributed by atoms with van der Waals surface area (Å²) in [4.78, 5) is 15.7. The van der Waals surface area contributed by atoms with Crippen molar-refractivity contribution in [1.29, 1.82) is 0 Å². The molecule has 0 radical (unpaired) electrons. The lowest BCUT2D eigenvalue weighted by atomic mass is 9.94. The average molecular weight is 552 g/mol. The van der Waals surface area contributed by atoms with Gasteiger partial charge in [0, 0.05) is 62.1 Å². The molecular weight excluding hydrogens is 521 g/mol. The number of likely N-dealkylation sites (tertiary alicyclic amines) is 1. The van der Waals surface area contributed by atoms with E-state index in [0.29, 0.717) is 35.4 Å². The minimum Gasteiger partial charge on any atom is -0.383 e. The van der Waals surface area contributed by atoms with E-state index in [1.54, 1.807) is 46.9 Å². The van der Waals surface area contributed by atoms with Crippen molar-refractivity contribution in [3.05, 3.63) is 82.9 Å². The van der Waals surface area contributed by atoms with Crippen LogP contribution < -0.4 is 10.6 Å². The number of halogens is 2. The first-order valence-electron chi connectivity index (χ1n) is 12.7. The third-order valence-corrected chi connectivity index (χ3v) is 7.24. The van der Waals surface area contributed by atoms with E-state index < -0.39 is 0 Å². The molecule has 1 aliphatic heterocycles. The van der Waals surface area contributed by atoms with Crippen molar-refractivity contribution < 1.29 is 13.9 Å². The zero-order valence-corrected chi connectivity index (χ0v) is 22.8. The minimum absolute atomic E-state index is 0.00176. The largest absolute Gasteiger partial charge is 0.383 e. The van der Waals surface area contributed by atoms with Gasteiger partial charge in [-0.1, -0.05) is 29.8 Å². The van der Waals surface area contributed by atoms with Crippen LogP contribution in [0, 0.1) is 12.7 Å². The molecule has 2 N–H and O–H groups in total. The number of methoxy groups -OCH3 is 1. The SMILES string of the molecule is COCCN1C[C@@H](NC(=O)Nc2c(C)c(-c3cnn(C)c3)nn2-c2cccc(Cl)c2)[C@H](c2ccc(F)cc2)C1. The van der Waals surface area contributed by atoms with Gasteiger partial charge >= 0.3 is 6.03 Å². The lowest BCUT2D eigenvalue weighted by Gasteiger charge is -2.21. The molecule has 1 aliphatic rings. The first-order chi connectivity index (χ1) is 18.8. The van der Waals surface area contributed by atoms with Crippen LogP contribution in [-0.4, -0.2) is 69.9 Å². The molecule has 0 saturated carbocycles. The number of rotatable bonds is 8. The van der Waals surface area contributed by atoms with Crippen LogP contribution in [0.15, 0.2) is 60.9 Å². The Morgan fingerprint density at radius 1 is 1.21 bits per heavy atom. The number of carbonyl (C=O) groups excluding carboxylic acids is 1. The predicted molar refractivity (Wildman–Crippen MR) is 149 cm³/mol. The number of amides is 2. The normalized spacial score (nSPS) is 17.5. The van der Waals surface area contributed by atoms with Crippen LogP contribution in [0.1, 0.15) is 17.0 Å². The molecule has 1 fully saturated rings. The van der Waals surface area contributed by atoms with E-state index in [4.69, 9.17) is 21.4 Å². The van der Waals surface area contributed by atoms with E-state index in [1.807, 2.05) is 32.3 Å². The molecule has 1 saturated heterocycles. The molecule has 2 aromatic heterocycles. The maximum Gasteiger partial charge on any atom is 0.320 e. The summed E-state index contributed by atoms with van der Waals surface area (Å²) < 4.78 is 22.2. The number of urea groups is 1. The van der Waals surface area contributed by atoms with Gasteiger partial charge in [0.05, 0.1) is 24.5 Å². The van der Waals surface area contributed by atoms with Gasteiger partial charge in [0.2, 0.25) is 0 Å². The minimum atomic E-state index is -0.357. The van der Waals surface area contributed by atoms with Crippen LogP contribution in [0.2, 0.25) is 5.02 Å². The number of ether oxygens (including phenoxy) is 1. The lowest BCUT2D eigenvalue weighted by Crippen LogP contribution is -2.42.